The van der Waals surface area contributed by atoms with Gasteiger partial charge in [0.15, 0.2) is 0 Å². The van der Waals surface area contributed by atoms with Gasteiger partial charge in [-0.25, -0.2) is 0 Å². The van der Waals surface area contributed by atoms with Gasteiger partial charge in [-0.05, 0) is 35.4 Å². The summed E-state index contributed by atoms with van der Waals surface area (Å²) >= 11 is 6.25. The van der Waals surface area contributed by atoms with E-state index in [1.165, 1.54) is 16.8 Å². The van der Waals surface area contributed by atoms with Crippen LogP contribution in [-0.2, 0) is 13.1 Å². The third-order valence-electron chi connectivity index (χ3n) is 4.53. The van der Waals surface area contributed by atoms with Crippen LogP contribution in [0.2, 0.25) is 5.02 Å². The average Bonchev–Trinajstić information content (AvgIpc) is 3.04. The summed E-state index contributed by atoms with van der Waals surface area (Å²) in [4.78, 5) is 2.54. The largest absolute Gasteiger partial charge is 0.348 e. The van der Waals surface area contributed by atoms with Crippen molar-refractivity contribution < 1.29 is 0 Å². The minimum Gasteiger partial charge on any atom is -0.348 e. The zero-order chi connectivity index (χ0) is 15.6. The maximum atomic E-state index is 6.25. The zero-order valence-electron chi connectivity index (χ0n) is 12.9. The van der Waals surface area contributed by atoms with Gasteiger partial charge in [0.1, 0.15) is 0 Å². The van der Waals surface area contributed by atoms with Crippen molar-refractivity contribution in [1.29, 1.82) is 0 Å². The molecule has 0 saturated heterocycles. The van der Waals surface area contributed by atoms with Gasteiger partial charge in [0.25, 0.3) is 0 Å². The van der Waals surface area contributed by atoms with E-state index in [-0.39, 0.29) is 6.04 Å². The van der Waals surface area contributed by atoms with Crippen molar-refractivity contribution in [3.05, 3.63) is 94.8 Å². The SMILES string of the molecule is Clc1cccc([C@@H]2c3cccn3CCN2Cc2ccccc2)c1. The summed E-state index contributed by atoms with van der Waals surface area (Å²) in [5.41, 5.74) is 3.95. The molecule has 0 amide bonds. The number of rotatable bonds is 3. The Morgan fingerprint density at radius 1 is 0.913 bits per heavy atom. The predicted octanol–water partition coefficient (Wildman–Crippen LogP) is 4.75. The second-order valence-corrected chi connectivity index (χ2v) is 6.48. The Morgan fingerprint density at radius 3 is 2.61 bits per heavy atom. The summed E-state index contributed by atoms with van der Waals surface area (Å²) in [5, 5.41) is 0.797. The minimum atomic E-state index is 0.248. The van der Waals surface area contributed by atoms with Crippen LogP contribution >= 0.6 is 11.6 Å². The number of halogens is 1. The molecule has 2 nitrogen and oxygen atoms in total. The maximum absolute atomic E-state index is 6.25. The molecule has 0 spiro atoms. The Bertz CT molecular complexity index is 794. The van der Waals surface area contributed by atoms with Gasteiger partial charge in [-0.2, -0.15) is 0 Å². The third kappa shape index (κ3) is 2.92. The number of fused-ring (bicyclic) bond motifs is 1. The fraction of sp³-hybridized carbons (Fsp3) is 0.200. The van der Waals surface area contributed by atoms with Gasteiger partial charge in [-0.1, -0.05) is 54.1 Å². The number of hydrogen-bond donors (Lipinski definition) is 0. The van der Waals surface area contributed by atoms with Gasteiger partial charge in [-0.15, -0.1) is 0 Å². The van der Waals surface area contributed by atoms with Crippen LogP contribution in [0.1, 0.15) is 22.9 Å². The highest BCUT2D eigenvalue weighted by molar-refractivity contribution is 6.30. The molecule has 1 aromatic heterocycles. The molecule has 0 bridgehead atoms. The highest BCUT2D eigenvalue weighted by atomic mass is 35.5. The third-order valence-corrected chi connectivity index (χ3v) is 4.77. The first-order valence-electron chi connectivity index (χ1n) is 8.00. The molecular formula is C20H19ClN2. The number of nitrogens with zero attached hydrogens (tertiary/aromatic N) is 2. The smallest absolute Gasteiger partial charge is 0.0760 e. The Kier molecular flexibility index (Phi) is 3.94. The van der Waals surface area contributed by atoms with Crippen molar-refractivity contribution in [1.82, 2.24) is 9.47 Å². The molecule has 0 unspecified atom stereocenters. The lowest BCUT2D eigenvalue weighted by molar-refractivity contribution is 0.174. The van der Waals surface area contributed by atoms with Crippen LogP contribution in [-0.4, -0.2) is 16.0 Å². The van der Waals surface area contributed by atoms with Crippen LogP contribution in [0, 0.1) is 0 Å². The molecule has 0 fully saturated rings. The lowest BCUT2D eigenvalue weighted by atomic mass is 9.99. The summed E-state index contributed by atoms with van der Waals surface area (Å²) in [5.74, 6) is 0. The lowest BCUT2D eigenvalue weighted by Crippen LogP contribution is -2.37. The molecule has 0 saturated carbocycles. The highest BCUT2D eigenvalue weighted by Gasteiger charge is 2.28. The van der Waals surface area contributed by atoms with Gasteiger partial charge >= 0.3 is 0 Å². The van der Waals surface area contributed by atoms with E-state index in [0.717, 1.165) is 24.7 Å². The molecule has 1 atom stereocenters. The molecule has 0 N–H and O–H groups in total. The summed E-state index contributed by atoms with van der Waals surface area (Å²) in [7, 11) is 0. The van der Waals surface area contributed by atoms with E-state index in [0.29, 0.717) is 0 Å². The van der Waals surface area contributed by atoms with E-state index in [9.17, 15) is 0 Å². The molecule has 23 heavy (non-hydrogen) atoms. The molecule has 2 heterocycles. The molecule has 0 aliphatic carbocycles. The number of aromatic nitrogens is 1. The molecule has 116 valence electrons. The fourth-order valence-corrected chi connectivity index (χ4v) is 3.68. The second-order valence-electron chi connectivity index (χ2n) is 6.04. The summed E-state index contributed by atoms with van der Waals surface area (Å²) in [6.07, 6.45) is 2.17. The number of hydrogen-bond acceptors (Lipinski definition) is 1. The van der Waals surface area contributed by atoms with Gasteiger partial charge in [0.05, 0.1) is 6.04 Å². The van der Waals surface area contributed by atoms with Crippen molar-refractivity contribution in [2.75, 3.05) is 6.54 Å². The van der Waals surface area contributed by atoms with E-state index in [1.54, 1.807) is 0 Å². The molecule has 3 aromatic rings. The van der Waals surface area contributed by atoms with Gasteiger partial charge in [-0.3, -0.25) is 4.90 Å². The first kappa shape index (κ1) is 14.6. The molecule has 1 aliphatic rings. The maximum Gasteiger partial charge on any atom is 0.0760 e. The quantitative estimate of drug-likeness (QED) is 0.675. The number of benzene rings is 2. The monoisotopic (exact) mass is 322 g/mol. The van der Waals surface area contributed by atoms with Gasteiger partial charge < -0.3 is 4.57 Å². The van der Waals surface area contributed by atoms with Crippen molar-refractivity contribution in [3.63, 3.8) is 0 Å². The van der Waals surface area contributed by atoms with Crippen molar-refractivity contribution >= 4 is 11.6 Å². The van der Waals surface area contributed by atoms with Crippen molar-refractivity contribution in [2.24, 2.45) is 0 Å². The van der Waals surface area contributed by atoms with Crippen LogP contribution < -0.4 is 0 Å². The molecule has 3 heteroatoms. The summed E-state index contributed by atoms with van der Waals surface area (Å²) in [6.45, 7) is 3.02. The summed E-state index contributed by atoms with van der Waals surface area (Å²) in [6, 6.07) is 23.5. The van der Waals surface area contributed by atoms with E-state index < -0.39 is 0 Å². The van der Waals surface area contributed by atoms with E-state index >= 15 is 0 Å². The molecular weight excluding hydrogens is 304 g/mol. The molecule has 4 rings (SSSR count). The topological polar surface area (TPSA) is 8.17 Å². The fourth-order valence-electron chi connectivity index (χ4n) is 3.48. The van der Waals surface area contributed by atoms with E-state index in [4.69, 9.17) is 11.6 Å². The molecule has 2 aromatic carbocycles. The first-order chi connectivity index (χ1) is 11.3. The van der Waals surface area contributed by atoms with Crippen LogP contribution in [0.4, 0.5) is 0 Å². The van der Waals surface area contributed by atoms with Crippen LogP contribution in [0.25, 0.3) is 0 Å². The first-order valence-corrected chi connectivity index (χ1v) is 8.37. The average molecular weight is 323 g/mol. The highest BCUT2D eigenvalue weighted by Crippen LogP contribution is 2.34. The van der Waals surface area contributed by atoms with Crippen molar-refractivity contribution in [2.45, 2.75) is 19.1 Å². The van der Waals surface area contributed by atoms with Gasteiger partial charge in [0.2, 0.25) is 0 Å². The normalized spacial score (nSPS) is 17.9. The minimum absolute atomic E-state index is 0.248. The second kappa shape index (κ2) is 6.23. The van der Waals surface area contributed by atoms with Crippen LogP contribution in [0.5, 0.6) is 0 Å². The Morgan fingerprint density at radius 2 is 1.78 bits per heavy atom. The molecule has 1 aliphatic heterocycles. The van der Waals surface area contributed by atoms with Crippen LogP contribution in [0.3, 0.4) is 0 Å². The van der Waals surface area contributed by atoms with Crippen LogP contribution in [0.15, 0.2) is 72.9 Å². The van der Waals surface area contributed by atoms with E-state index in [1.807, 2.05) is 12.1 Å². The molecule has 0 radical (unpaired) electrons. The van der Waals surface area contributed by atoms with Gasteiger partial charge in [0, 0.05) is 36.5 Å². The lowest BCUT2D eigenvalue weighted by Gasteiger charge is -2.37. The predicted molar refractivity (Wildman–Crippen MR) is 94.6 cm³/mol. The standard InChI is InChI=1S/C20H19ClN2/c21-18-9-4-8-17(14-18)20-19-10-5-11-22(19)12-13-23(20)15-16-6-2-1-3-7-16/h1-11,14,20H,12-13,15H2/t20-/m1/s1. The Labute approximate surface area is 141 Å². The summed E-state index contributed by atoms with van der Waals surface area (Å²) < 4.78 is 2.35. The van der Waals surface area contributed by atoms with Crippen molar-refractivity contribution in [3.8, 4) is 0 Å². The van der Waals surface area contributed by atoms with E-state index in [2.05, 4.69) is 70.3 Å². The Hall–Kier alpha value is -2.03. The Balaban J connectivity index is 1.73. The zero-order valence-corrected chi connectivity index (χ0v) is 13.7.